The molecule has 0 fully saturated rings. The first-order valence-electron chi connectivity index (χ1n) is 9.20. The molecule has 1 N–H and O–H groups in total. The number of hydrogen-bond donors (Lipinski definition) is 1. The van der Waals surface area contributed by atoms with Gasteiger partial charge in [0.15, 0.2) is 0 Å². The van der Waals surface area contributed by atoms with Crippen LogP contribution in [0.25, 0.3) is 11.1 Å². The van der Waals surface area contributed by atoms with Gasteiger partial charge in [0.05, 0.1) is 12.2 Å². The largest absolute Gasteiger partial charge is 0.462 e. The van der Waals surface area contributed by atoms with Gasteiger partial charge in [-0.25, -0.2) is 4.79 Å². The minimum absolute atomic E-state index is 0.206. The predicted molar refractivity (Wildman–Crippen MR) is 117 cm³/mol. The second-order valence-electron chi connectivity index (χ2n) is 6.41. The Morgan fingerprint density at radius 3 is 2.32 bits per heavy atom. The summed E-state index contributed by atoms with van der Waals surface area (Å²) < 4.78 is 5.27. The summed E-state index contributed by atoms with van der Waals surface area (Å²) in [7, 11) is 0. The molecule has 0 unspecified atom stereocenters. The minimum Gasteiger partial charge on any atom is -0.462 e. The highest BCUT2D eigenvalue weighted by atomic mass is 32.1. The highest BCUT2D eigenvalue weighted by Gasteiger charge is 2.24. The topological polar surface area (TPSA) is 55.4 Å². The lowest BCUT2D eigenvalue weighted by Crippen LogP contribution is -2.15. The summed E-state index contributed by atoms with van der Waals surface area (Å²) in [5.41, 5.74) is 4.95. The van der Waals surface area contributed by atoms with Crippen molar-refractivity contribution in [3.8, 4) is 11.1 Å². The summed E-state index contributed by atoms with van der Waals surface area (Å²) in [6.45, 7) is 8.08. The molecule has 3 rings (SSSR count). The third-order valence-electron chi connectivity index (χ3n) is 4.70. The Kier molecular flexibility index (Phi) is 6.31. The number of thiophene rings is 2. The molecule has 0 saturated heterocycles. The van der Waals surface area contributed by atoms with E-state index in [9.17, 15) is 9.59 Å². The van der Waals surface area contributed by atoms with E-state index in [-0.39, 0.29) is 12.5 Å². The van der Waals surface area contributed by atoms with Gasteiger partial charge in [0, 0.05) is 21.2 Å². The Hall–Kier alpha value is -2.44. The van der Waals surface area contributed by atoms with Gasteiger partial charge in [-0.05, 0) is 43.9 Å². The van der Waals surface area contributed by atoms with Gasteiger partial charge >= 0.3 is 5.97 Å². The zero-order chi connectivity index (χ0) is 20.3. The minimum atomic E-state index is -0.424. The molecule has 0 aliphatic rings. The van der Waals surface area contributed by atoms with E-state index in [2.05, 4.69) is 24.4 Å². The zero-order valence-corrected chi connectivity index (χ0v) is 18.1. The van der Waals surface area contributed by atoms with Crippen molar-refractivity contribution in [2.75, 3.05) is 11.9 Å². The molecule has 0 spiro atoms. The van der Waals surface area contributed by atoms with Gasteiger partial charge in [0.25, 0.3) is 5.91 Å². The maximum absolute atomic E-state index is 12.8. The normalized spacial score (nSPS) is 10.7. The average Bonchev–Trinajstić information content (AvgIpc) is 3.26. The van der Waals surface area contributed by atoms with Crippen LogP contribution in [0.15, 0.2) is 35.0 Å². The molecule has 2 heterocycles. The zero-order valence-electron chi connectivity index (χ0n) is 16.4. The van der Waals surface area contributed by atoms with Crippen molar-refractivity contribution in [3.63, 3.8) is 0 Å². The van der Waals surface area contributed by atoms with Crippen LogP contribution in [0.2, 0.25) is 0 Å². The van der Waals surface area contributed by atoms with E-state index in [4.69, 9.17) is 4.74 Å². The monoisotopic (exact) mass is 413 g/mol. The molecule has 2 aromatic heterocycles. The van der Waals surface area contributed by atoms with Gasteiger partial charge in [-0.1, -0.05) is 31.2 Å². The third-order valence-corrected chi connectivity index (χ3v) is 6.61. The second-order valence-corrected chi connectivity index (χ2v) is 8.37. The summed E-state index contributed by atoms with van der Waals surface area (Å²) in [5, 5.41) is 7.18. The highest BCUT2D eigenvalue weighted by molar-refractivity contribution is 7.15. The number of benzene rings is 1. The number of carbonyl (C=O) groups excluding carboxylic acids is 2. The Morgan fingerprint density at radius 1 is 1.04 bits per heavy atom. The van der Waals surface area contributed by atoms with Crippen molar-refractivity contribution >= 4 is 39.6 Å². The van der Waals surface area contributed by atoms with E-state index < -0.39 is 5.97 Å². The summed E-state index contributed by atoms with van der Waals surface area (Å²) in [4.78, 5) is 26.5. The number of esters is 1. The molecular weight excluding hydrogens is 390 g/mol. The lowest BCUT2D eigenvalue weighted by atomic mass is 10.0. The molecular formula is C22H23NO3S2. The maximum atomic E-state index is 12.8. The molecule has 0 aliphatic heterocycles. The molecule has 0 atom stereocenters. The maximum Gasteiger partial charge on any atom is 0.341 e. The molecule has 1 amide bonds. The van der Waals surface area contributed by atoms with E-state index in [1.807, 2.05) is 36.7 Å². The van der Waals surface area contributed by atoms with E-state index in [1.165, 1.54) is 16.9 Å². The van der Waals surface area contributed by atoms with E-state index in [0.717, 1.165) is 28.0 Å². The van der Waals surface area contributed by atoms with Crippen LogP contribution in [0.5, 0.6) is 0 Å². The predicted octanol–water partition coefficient (Wildman–Crippen LogP) is 6.08. The number of nitrogens with one attached hydrogen (secondary N) is 1. The van der Waals surface area contributed by atoms with Gasteiger partial charge < -0.3 is 10.1 Å². The van der Waals surface area contributed by atoms with Crippen molar-refractivity contribution in [1.29, 1.82) is 0 Å². The highest BCUT2D eigenvalue weighted by Crippen LogP contribution is 2.37. The Bertz CT molecular complexity index is 999. The van der Waals surface area contributed by atoms with Crippen molar-refractivity contribution in [2.45, 2.75) is 34.1 Å². The number of rotatable bonds is 6. The second kappa shape index (κ2) is 8.71. The lowest BCUT2D eigenvalue weighted by molar-refractivity contribution is 0.0529. The molecule has 0 aliphatic carbocycles. The molecule has 1 aromatic carbocycles. The van der Waals surface area contributed by atoms with Crippen LogP contribution in [-0.4, -0.2) is 18.5 Å². The number of ether oxygens (including phenoxy) is 1. The standard InChI is InChI=1S/C22H23NO3S2/c1-5-15-7-9-16(10-8-15)18-12-28-21(19(18)22(25)26-6-2)23-20(24)17-11-27-14(4)13(17)3/h7-12H,5-6H2,1-4H3,(H,23,24). The quantitative estimate of drug-likeness (QED) is 0.498. The Balaban J connectivity index is 1.98. The number of aryl methyl sites for hydroxylation is 2. The van der Waals surface area contributed by atoms with Crippen LogP contribution in [0.3, 0.4) is 0 Å². The van der Waals surface area contributed by atoms with E-state index in [1.54, 1.807) is 18.3 Å². The molecule has 0 radical (unpaired) electrons. The summed E-state index contributed by atoms with van der Waals surface area (Å²) in [6.07, 6.45) is 0.954. The molecule has 6 heteroatoms. The van der Waals surface area contributed by atoms with Crippen LogP contribution in [0, 0.1) is 13.8 Å². The summed E-state index contributed by atoms with van der Waals surface area (Å²) in [5.74, 6) is -0.631. The van der Waals surface area contributed by atoms with Crippen molar-refractivity contribution in [3.05, 3.63) is 62.2 Å². The molecule has 28 heavy (non-hydrogen) atoms. The molecule has 0 bridgehead atoms. The fourth-order valence-corrected chi connectivity index (χ4v) is 4.71. The smallest absolute Gasteiger partial charge is 0.341 e. The van der Waals surface area contributed by atoms with Gasteiger partial charge in [-0.15, -0.1) is 22.7 Å². The van der Waals surface area contributed by atoms with Crippen LogP contribution in [0.1, 0.15) is 50.6 Å². The first-order chi connectivity index (χ1) is 13.5. The fourth-order valence-electron chi connectivity index (χ4n) is 2.90. The number of amides is 1. The van der Waals surface area contributed by atoms with Crippen LogP contribution in [0.4, 0.5) is 5.00 Å². The van der Waals surface area contributed by atoms with Gasteiger partial charge in [-0.3, -0.25) is 4.79 Å². The van der Waals surface area contributed by atoms with Crippen LogP contribution >= 0.6 is 22.7 Å². The van der Waals surface area contributed by atoms with Gasteiger partial charge in [0.2, 0.25) is 0 Å². The van der Waals surface area contributed by atoms with Gasteiger partial charge in [0.1, 0.15) is 10.6 Å². The van der Waals surface area contributed by atoms with Crippen molar-refractivity contribution < 1.29 is 14.3 Å². The summed E-state index contributed by atoms with van der Waals surface area (Å²) >= 11 is 2.89. The Labute approximate surface area is 173 Å². The SMILES string of the molecule is CCOC(=O)c1c(-c2ccc(CC)cc2)csc1NC(=O)c1csc(C)c1C. The number of carbonyl (C=O) groups is 2. The first kappa shape index (κ1) is 20.3. The Morgan fingerprint density at radius 2 is 1.75 bits per heavy atom. The number of hydrogen-bond acceptors (Lipinski definition) is 5. The third kappa shape index (κ3) is 4.03. The summed E-state index contributed by atoms with van der Waals surface area (Å²) in [6, 6.07) is 8.11. The van der Waals surface area contributed by atoms with E-state index >= 15 is 0 Å². The molecule has 3 aromatic rings. The van der Waals surface area contributed by atoms with Crippen molar-refractivity contribution in [1.82, 2.24) is 0 Å². The fraction of sp³-hybridized carbons (Fsp3) is 0.273. The van der Waals surface area contributed by atoms with Gasteiger partial charge in [-0.2, -0.15) is 0 Å². The average molecular weight is 414 g/mol. The van der Waals surface area contributed by atoms with E-state index in [0.29, 0.717) is 16.1 Å². The first-order valence-corrected chi connectivity index (χ1v) is 11.0. The molecule has 146 valence electrons. The van der Waals surface area contributed by atoms with Crippen molar-refractivity contribution in [2.24, 2.45) is 0 Å². The number of anilines is 1. The van der Waals surface area contributed by atoms with Crippen LogP contribution < -0.4 is 5.32 Å². The van der Waals surface area contributed by atoms with Crippen LogP contribution in [-0.2, 0) is 11.2 Å². The molecule has 4 nitrogen and oxygen atoms in total. The lowest BCUT2D eigenvalue weighted by Gasteiger charge is -2.09. The molecule has 0 saturated carbocycles.